The Hall–Kier alpha value is -2.41. The first kappa shape index (κ1) is 12.6. The Balaban J connectivity index is 0.000000272. The van der Waals surface area contributed by atoms with Gasteiger partial charge in [0.25, 0.3) is 0 Å². The van der Waals surface area contributed by atoms with Crippen molar-refractivity contribution in [3.05, 3.63) is 60.7 Å². The molecule has 1 heteroatoms. The van der Waals surface area contributed by atoms with Gasteiger partial charge in [-0.3, -0.25) is 0 Å². The van der Waals surface area contributed by atoms with E-state index < -0.39 is 0 Å². The lowest BCUT2D eigenvalue weighted by Crippen LogP contribution is -1.73. The summed E-state index contributed by atoms with van der Waals surface area (Å²) in [7, 11) is 0. The highest BCUT2D eigenvalue weighted by Crippen LogP contribution is 2.46. The van der Waals surface area contributed by atoms with Crippen molar-refractivity contribution in [3.8, 4) is 22.3 Å². The molecule has 4 rings (SSSR count). The zero-order valence-electron chi connectivity index (χ0n) is 11.7. The molecule has 0 atom stereocenters. The van der Waals surface area contributed by atoms with Gasteiger partial charge in [-0.15, -0.1) is 0 Å². The molecule has 20 heavy (non-hydrogen) atoms. The fourth-order valence-electron chi connectivity index (χ4n) is 2.74. The fraction of sp³-hybridized carbons (Fsp3) is 0.105. The number of carbonyl (C=O) groups excluding carboxylic acids is 1. The number of carbonyl (C=O) groups is 1. The van der Waals surface area contributed by atoms with Crippen LogP contribution in [0.1, 0.15) is 13.8 Å². The van der Waals surface area contributed by atoms with Gasteiger partial charge >= 0.3 is 0 Å². The van der Waals surface area contributed by atoms with Crippen LogP contribution in [-0.4, -0.2) is 5.78 Å². The van der Waals surface area contributed by atoms with Crippen LogP contribution in [0.2, 0.25) is 0 Å². The lowest BCUT2D eigenvalue weighted by atomic mass is 10.0. The van der Waals surface area contributed by atoms with Crippen LogP contribution in [0.15, 0.2) is 60.7 Å². The number of rotatable bonds is 0. The molecular formula is C19H16O. The standard InChI is InChI=1S/C16H10.C3H6O/c1-2-8-13-12(7-1)14-9-3-5-11-6-4-10-15(13)16(11)14;1-3(2)4/h1-10H;1-2H3. The summed E-state index contributed by atoms with van der Waals surface area (Å²) in [5.74, 6) is 0.167. The van der Waals surface area contributed by atoms with E-state index in [4.69, 9.17) is 0 Å². The van der Waals surface area contributed by atoms with E-state index in [2.05, 4.69) is 60.7 Å². The van der Waals surface area contributed by atoms with E-state index in [1.807, 2.05) is 0 Å². The minimum atomic E-state index is 0.167. The predicted molar refractivity (Wildman–Crippen MR) is 84.7 cm³/mol. The third-order valence-electron chi connectivity index (χ3n) is 3.41. The second-order valence-corrected chi connectivity index (χ2v) is 5.16. The Morgan fingerprint density at radius 2 is 1.05 bits per heavy atom. The summed E-state index contributed by atoms with van der Waals surface area (Å²) in [5, 5.41) is 2.75. The monoisotopic (exact) mass is 260 g/mol. The van der Waals surface area contributed by atoms with Gasteiger partial charge in [0.05, 0.1) is 0 Å². The minimum Gasteiger partial charge on any atom is -0.300 e. The molecule has 3 aromatic carbocycles. The minimum absolute atomic E-state index is 0.167. The molecule has 3 aromatic rings. The smallest absolute Gasteiger partial charge is 0.126 e. The summed E-state index contributed by atoms with van der Waals surface area (Å²) in [6.07, 6.45) is 0. The van der Waals surface area contributed by atoms with Crippen LogP contribution in [0.5, 0.6) is 0 Å². The lowest BCUT2D eigenvalue weighted by molar-refractivity contribution is -0.114. The highest BCUT2D eigenvalue weighted by atomic mass is 16.1. The van der Waals surface area contributed by atoms with Gasteiger partial charge in [0.2, 0.25) is 0 Å². The summed E-state index contributed by atoms with van der Waals surface area (Å²) in [6, 6.07) is 21.8. The second kappa shape index (κ2) is 4.93. The van der Waals surface area contributed by atoms with Crippen molar-refractivity contribution < 1.29 is 4.79 Å². The summed E-state index contributed by atoms with van der Waals surface area (Å²) in [4.78, 5) is 9.44. The maximum Gasteiger partial charge on any atom is 0.126 e. The Labute approximate surface area is 118 Å². The summed E-state index contributed by atoms with van der Waals surface area (Å²) < 4.78 is 0. The van der Waals surface area contributed by atoms with Crippen LogP contribution in [0.3, 0.4) is 0 Å². The molecule has 0 aromatic heterocycles. The highest BCUT2D eigenvalue weighted by molar-refractivity contribution is 6.15. The van der Waals surface area contributed by atoms with E-state index in [0.29, 0.717) is 0 Å². The Morgan fingerprint density at radius 3 is 1.50 bits per heavy atom. The molecular weight excluding hydrogens is 244 g/mol. The maximum absolute atomic E-state index is 9.44. The van der Waals surface area contributed by atoms with E-state index in [-0.39, 0.29) is 5.78 Å². The molecule has 0 saturated carbocycles. The van der Waals surface area contributed by atoms with Crippen molar-refractivity contribution in [3.63, 3.8) is 0 Å². The number of fused-ring (bicyclic) bond motifs is 3. The number of benzene rings is 3. The normalized spacial score (nSPS) is 10.7. The fourth-order valence-corrected chi connectivity index (χ4v) is 2.74. The first-order valence-corrected chi connectivity index (χ1v) is 6.77. The van der Waals surface area contributed by atoms with E-state index in [0.717, 1.165) is 0 Å². The van der Waals surface area contributed by atoms with E-state index >= 15 is 0 Å². The largest absolute Gasteiger partial charge is 0.300 e. The predicted octanol–water partition coefficient (Wildman–Crippen LogP) is 5.08. The second-order valence-electron chi connectivity index (χ2n) is 5.16. The molecule has 1 nitrogen and oxygen atoms in total. The average molecular weight is 260 g/mol. The molecule has 0 fully saturated rings. The number of Topliss-reactive ketones (excluding diaryl/α,β-unsaturated/α-hetero) is 1. The Bertz CT molecular complexity index is 738. The van der Waals surface area contributed by atoms with Crippen LogP contribution in [-0.2, 0) is 4.79 Å². The number of hydrogen-bond acceptors (Lipinski definition) is 1. The maximum atomic E-state index is 9.44. The third-order valence-corrected chi connectivity index (χ3v) is 3.41. The van der Waals surface area contributed by atoms with Gasteiger partial charge in [-0.05, 0) is 46.9 Å². The molecule has 0 heterocycles. The van der Waals surface area contributed by atoms with Gasteiger partial charge in [0.15, 0.2) is 0 Å². The van der Waals surface area contributed by atoms with Gasteiger partial charge in [0.1, 0.15) is 5.78 Å². The molecule has 0 saturated heterocycles. The van der Waals surface area contributed by atoms with Crippen molar-refractivity contribution in [2.45, 2.75) is 13.8 Å². The highest BCUT2D eigenvalue weighted by Gasteiger charge is 2.19. The number of ketones is 1. The summed E-state index contributed by atoms with van der Waals surface area (Å²) in [5.41, 5.74) is 5.50. The topological polar surface area (TPSA) is 17.1 Å². The molecule has 0 bridgehead atoms. The first-order valence-electron chi connectivity index (χ1n) is 6.77. The quantitative estimate of drug-likeness (QED) is 0.431. The van der Waals surface area contributed by atoms with Crippen molar-refractivity contribution in [2.75, 3.05) is 0 Å². The van der Waals surface area contributed by atoms with Gasteiger partial charge in [0, 0.05) is 0 Å². The third kappa shape index (κ3) is 2.01. The van der Waals surface area contributed by atoms with Crippen LogP contribution in [0.25, 0.3) is 33.0 Å². The van der Waals surface area contributed by atoms with Crippen molar-refractivity contribution >= 4 is 16.6 Å². The molecule has 0 radical (unpaired) electrons. The van der Waals surface area contributed by atoms with Gasteiger partial charge in [-0.1, -0.05) is 60.7 Å². The molecule has 0 spiro atoms. The van der Waals surface area contributed by atoms with Crippen LogP contribution in [0, 0.1) is 0 Å². The van der Waals surface area contributed by atoms with E-state index in [1.165, 1.54) is 46.9 Å². The van der Waals surface area contributed by atoms with Crippen molar-refractivity contribution in [1.29, 1.82) is 0 Å². The Kier molecular flexibility index (Phi) is 3.11. The van der Waals surface area contributed by atoms with Gasteiger partial charge in [-0.25, -0.2) is 0 Å². The van der Waals surface area contributed by atoms with Crippen molar-refractivity contribution in [2.24, 2.45) is 0 Å². The summed E-state index contributed by atoms with van der Waals surface area (Å²) in [6.45, 7) is 3.06. The zero-order valence-corrected chi connectivity index (χ0v) is 11.7. The van der Waals surface area contributed by atoms with Crippen LogP contribution >= 0.6 is 0 Å². The molecule has 0 amide bonds. The van der Waals surface area contributed by atoms with Crippen molar-refractivity contribution in [1.82, 2.24) is 0 Å². The molecule has 1 aliphatic carbocycles. The van der Waals surface area contributed by atoms with Crippen LogP contribution < -0.4 is 0 Å². The zero-order chi connectivity index (χ0) is 14.1. The lowest BCUT2D eigenvalue weighted by Gasteiger charge is -2.00. The molecule has 0 N–H and O–H groups in total. The van der Waals surface area contributed by atoms with E-state index in [9.17, 15) is 4.79 Å². The number of hydrogen-bond donors (Lipinski definition) is 0. The van der Waals surface area contributed by atoms with E-state index in [1.54, 1.807) is 0 Å². The summed E-state index contributed by atoms with van der Waals surface area (Å²) >= 11 is 0. The van der Waals surface area contributed by atoms with Crippen LogP contribution in [0.4, 0.5) is 0 Å². The Morgan fingerprint density at radius 1 is 0.650 bits per heavy atom. The first-order chi connectivity index (χ1) is 9.68. The van der Waals surface area contributed by atoms with Gasteiger partial charge < -0.3 is 4.79 Å². The molecule has 0 aliphatic heterocycles. The van der Waals surface area contributed by atoms with Gasteiger partial charge in [-0.2, -0.15) is 0 Å². The SMILES string of the molecule is CC(C)=O.c1ccc2c(c1)-c1cccc3cccc-2c13. The molecule has 0 unspecified atom stereocenters. The molecule has 1 aliphatic rings. The molecule has 98 valence electrons. The average Bonchev–Trinajstić information content (AvgIpc) is 2.76.